The van der Waals surface area contributed by atoms with E-state index in [2.05, 4.69) is 0 Å². The number of aliphatic carboxylic acids is 1. The molecular weight excluding hydrogens is 151 g/mol. The van der Waals surface area contributed by atoms with E-state index in [-0.39, 0.29) is 0 Å². The van der Waals surface area contributed by atoms with Crippen molar-refractivity contribution < 1.29 is 9.90 Å². The maximum absolute atomic E-state index is 10.1. The zero-order valence-electron chi connectivity index (χ0n) is 5.71. The predicted molar refractivity (Wildman–Crippen MR) is 42.5 cm³/mol. The molecule has 0 aromatic rings. The second-order valence-electron chi connectivity index (χ2n) is 1.94. The maximum Gasteiger partial charge on any atom is 0.320 e. The van der Waals surface area contributed by atoms with Crippen LogP contribution in [0.3, 0.4) is 0 Å². The standard InChI is InChI=1S/C5H13N2O2P/c6-3-10-2-1-4(7)5(8)9/h4,10H,1-3,6-7H2,(H,8,9)/t4-/m0/s1. The SMILES string of the molecule is NCPCC[C@H](N)C(=O)O. The Morgan fingerprint density at radius 3 is 2.70 bits per heavy atom. The van der Waals surface area contributed by atoms with Crippen LogP contribution in [0.2, 0.25) is 0 Å². The molecule has 0 amide bonds. The van der Waals surface area contributed by atoms with Crippen LogP contribution in [0.15, 0.2) is 0 Å². The molecule has 0 aliphatic rings. The first-order valence-electron chi connectivity index (χ1n) is 3.07. The monoisotopic (exact) mass is 164 g/mol. The highest BCUT2D eigenvalue weighted by atomic mass is 31.1. The first-order chi connectivity index (χ1) is 4.68. The lowest BCUT2D eigenvalue weighted by Crippen LogP contribution is -2.30. The second kappa shape index (κ2) is 5.59. The van der Waals surface area contributed by atoms with E-state index >= 15 is 0 Å². The molecule has 0 radical (unpaired) electrons. The number of hydrogen-bond donors (Lipinski definition) is 3. The van der Waals surface area contributed by atoms with Gasteiger partial charge in [0.25, 0.3) is 0 Å². The Kier molecular flexibility index (Phi) is 5.49. The van der Waals surface area contributed by atoms with Crippen LogP contribution >= 0.6 is 8.58 Å². The number of rotatable bonds is 5. The van der Waals surface area contributed by atoms with Crippen LogP contribution in [0.5, 0.6) is 0 Å². The zero-order valence-corrected chi connectivity index (χ0v) is 6.71. The smallest absolute Gasteiger partial charge is 0.320 e. The molecule has 0 aromatic carbocycles. The van der Waals surface area contributed by atoms with Crippen LogP contribution < -0.4 is 11.5 Å². The van der Waals surface area contributed by atoms with Crippen LogP contribution in [0.1, 0.15) is 6.42 Å². The molecule has 4 nitrogen and oxygen atoms in total. The largest absolute Gasteiger partial charge is 0.480 e. The highest BCUT2D eigenvalue weighted by Crippen LogP contribution is 2.07. The van der Waals surface area contributed by atoms with E-state index in [1.165, 1.54) is 0 Å². The van der Waals surface area contributed by atoms with Crippen LogP contribution in [-0.2, 0) is 4.79 Å². The lowest BCUT2D eigenvalue weighted by atomic mass is 10.2. The van der Waals surface area contributed by atoms with Gasteiger partial charge in [-0.2, -0.15) is 0 Å². The van der Waals surface area contributed by atoms with Crippen molar-refractivity contribution in [1.29, 1.82) is 0 Å². The van der Waals surface area contributed by atoms with Gasteiger partial charge in [-0.05, 0) is 12.6 Å². The molecule has 5 heteroatoms. The van der Waals surface area contributed by atoms with Gasteiger partial charge in [0.2, 0.25) is 0 Å². The molecule has 0 aliphatic heterocycles. The molecule has 0 spiro atoms. The molecule has 2 atom stereocenters. The van der Waals surface area contributed by atoms with E-state index in [4.69, 9.17) is 16.6 Å². The van der Waals surface area contributed by atoms with Gasteiger partial charge in [-0.15, -0.1) is 8.58 Å². The first kappa shape index (κ1) is 9.82. The first-order valence-corrected chi connectivity index (χ1v) is 4.49. The van der Waals surface area contributed by atoms with Gasteiger partial charge in [0.15, 0.2) is 0 Å². The summed E-state index contributed by atoms with van der Waals surface area (Å²) >= 11 is 0. The minimum Gasteiger partial charge on any atom is -0.480 e. The maximum atomic E-state index is 10.1. The van der Waals surface area contributed by atoms with E-state index in [0.29, 0.717) is 21.3 Å². The Balaban J connectivity index is 3.21. The fourth-order valence-electron chi connectivity index (χ4n) is 0.483. The third-order valence-electron chi connectivity index (χ3n) is 1.09. The molecule has 0 bridgehead atoms. The van der Waals surface area contributed by atoms with Gasteiger partial charge < -0.3 is 16.6 Å². The summed E-state index contributed by atoms with van der Waals surface area (Å²) in [7, 11) is 0.635. The summed E-state index contributed by atoms with van der Waals surface area (Å²) in [6, 6.07) is -0.709. The van der Waals surface area contributed by atoms with Gasteiger partial charge in [0, 0.05) is 6.29 Å². The summed E-state index contributed by atoms with van der Waals surface area (Å²) in [6.07, 6.45) is 1.99. The predicted octanol–water partition coefficient (Wildman–Crippen LogP) is -0.617. The minimum atomic E-state index is -0.929. The summed E-state index contributed by atoms with van der Waals surface area (Å²) in [5.74, 6) is -0.929. The molecule has 0 saturated heterocycles. The van der Waals surface area contributed by atoms with E-state index < -0.39 is 12.0 Å². The molecule has 0 fully saturated rings. The Labute approximate surface area is 61.7 Å². The number of carboxylic acid groups (broad SMARTS) is 1. The van der Waals surface area contributed by atoms with E-state index in [9.17, 15) is 4.79 Å². The summed E-state index contributed by atoms with van der Waals surface area (Å²) in [6.45, 7) is 0. The third-order valence-corrected chi connectivity index (χ3v) is 2.02. The fraction of sp³-hybridized carbons (Fsp3) is 0.800. The van der Waals surface area contributed by atoms with Crippen molar-refractivity contribution in [2.45, 2.75) is 12.5 Å². The molecule has 0 aromatic heterocycles. The lowest BCUT2D eigenvalue weighted by Gasteiger charge is -2.03. The van der Waals surface area contributed by atoms with Crippen LogP contribution in [0, 0.1) is 0 Å². The average molecular weight is 164 g/mol. The minimum absolute atomic E-state index is 0.533. The normalized spacial score (nSPS) is 14.2. The summed E-state index contributed by atoms with van der Waals surface area (Å²) < 4.78 is 0. The molecule has 5 N–H and O–H groups in total. The van der Waals surface area contributed by atoms with Crippen LogP contribution in [0.25, 0.3) is 0 Å². The summed E-state index contributed by atoms with van der Waals surface area (Å²) in [4.78, 5) is 10.1. The van der Waals surface area contributed by atoms with Crippen molar-refractivity contribution in [3.63, 3.8) is 0 Å². The van der Waals surface area contributed by atoms with Crippen molar-refractivity contribution in [3.8, 4) is 0 Å². The molecule has 0 saturated carbocycles. The Hall–Kier alpha value is -0.180. The summed E-state index contributed by atoms with van der Waals surface area (Å²) in [5, 5.41) is 8.33. The van der Waals surface area contributed by atoms with Crippen LogP contribution in [0.4, 0.5) is 0 Å². The van der Waals surface area contributed by atoms with Gasteiger partial charge in [-0.25, -0.2) is 0 Å². The highest BCUT2D eigenvalue weighted by Gasteiger charge is 2.09. The topological polar surface area (TPSA) is 89.3 Å². The second-order valence-corrected chi connectivity index (χ2v) is 3.35. The fourth-order valence-corrected chi connectivity index (χ4v) is 1.20. The van der Waals surface area contributed by atoms with Crippen molar-refractivity contribution in [2.75, 3.05) is 12.4 Å². The zero-order chi connectivity index (χ0) is 7.98. The van der Waals surface area contributed by atoms with E-state index in [1.54, 1.807) is 0 Å². The summed E-state index contributed by atoms with van der Waals surface area (Å²) in [5.41, 5.74) is 10.4. The molecule has 60 valence electrons. The lowest BCUT2D eigenvalue weighted by molar-refractivity contribution is -0.138. The third kappa shape index (κ3) is 4.68. The highest BCUT2D eigenvalue weighted by molar-refractivity contribution is 7.37. The van der Waals surface area contributed by atoms with E-state index in [0.717, 1.165) is 6.16 Å². The van der Waals surface area contributed by atoms with Crippen molar-refractivity contribution in [1.82, 2.24) is 0 Å². The molecular formula is C5H13N2O2P. The van der Waals surface area contributed by atoms with Gasteiger partial charge in [0.1, 0.15) is 6.04 Å². The number of hydrogen-bond acceptors (Lipinski definition) is 3. The number of carbonyl (C=O) groups is 1. The Bertz CT molecular complexity index is 110. The van der Waals surface area contributed by atoms with Gasteiger partial charge in [-0.1, -0.05) is 0 Å². The number of nitrogens with two attached hydrogens (primary N) is 2. The van der Waals surface area contributed by atoms with Crippen molar-refractivity contribution in [3.05, 3.63) is 0 Å². The quantitative estimate of drug-likeness (QED) is 0.373. The van der Waals surface area contributed by atoms with Crippen molar-refractivity contribution >= 4 is 14.6 Å². The molecule has 1 unspecified atom stereocenters. The molecule has 0 rings (SSSR count). The van der Waals surface area contributed by atoms with Crippen LogP contribution in [-0.4, -0.2) is 29.6 Å². The van der Waals surface area contributed by atoms with Gasteiger partial charge >= 0.3 is 5.97 Å². The molecule has 0 aliphatic carbocycles. The Morgan fingerprint density at radius 1 is 1.70 bits per heavy atom. The van der Waals surface area contributed by atoms with Gasteiger partial charge in [-0.3, -0.25) is 4.79 Å². The van der Waals surface area contributed by atoms with E-state index in [1.807, 2.05) is 0 Å². The molecule has 0 heterocycles. The molecule has 10 heavy (non-hydrogen) atoms. The average Bonchev–Trinajstić information content (AvgIpc) is 1.88. The number of carboxylic acids is 1. The van der Waals surface area contributed by atoms with Gasteiger partial charge in [0.05, 0.1) is 0 Å². The Morgan fingerprint density at radius 2 is 2.30 bits per heavy atom. The van der Waals surface area contributed by atoms with Crippen molar-refractivity contribution in [2.24, 2.45) is 11.5 Å².